The van der Waals surface area contributed by atoms with Gasteiger partial charge in [-0.15, -0.1) is 0 Å². The van der Waals surface area contributed by atoms with Crippen molar-refractivity contribution in [3.8, 4) is 0 Å². The molecular formula is C13H16ClNO3. The molecule has 1 aliphatic rings. The van der Waals surface area contributed by atoms with Crippen molar-refractivity contribution < 1.29 is 14.6 Å². The first-order valence-electron chi connectivity index (χ1n) is 5.92. The summed E-state index contributed by atoms with van der Waals surface area (Å²) in [6.07, 6.45) is 3.16. The maximum Gasteiger partial charge on any atom is 0.337 e. The molecule has 1 saturated carbocycles. The van der Waals surface area contributed by atoms with E-state index in [0.717, 1.165) is 19.3 Å². The zero-order valence-electron chi connectivity index (χ0n) is 10.1. The monoisotopic (exact) mass is 269 g/mol. The van der Waals surface area contributed by atoms with Crippen molar-refractivity contribution in [2.24, 2.45) is 0 Å². The van der Waals surface area contributed by atoms with E-state index in [2.05, 4.69) is 5.32 Å². The lowest BCUT2D eigenvalue weighted by atomic mass is 10.1. The molecule has 2 unspecified atom stereocenters. The fourth-order valence-electron chi connectivity index (χ4n) is 2.32. The van der Waals surface area contributed by atoms with Crippen LogP contribution in [-0.4, -0.2) is 30.3 Å². The van der Waals surface area contributed by atoms with Gasteiger partial charge in [-0.3, -0.25) is 0 Å². The quantitative estimate of drug-likeness (QED) is 0.882. The Morgan fingerprint density at radius 1 is 1.50 bits per heavy atom. The van der Waals surface area contributed by atoms with Crippen molar-refractivity contribution in [2.45, 2.75) is 31.4 Å². The topological polar surface area (TPSA) is 58.6 Å². The number of anilines is 1. The lowest BCUT2D eigenvalue weighted by Gasteiger charge is -2.16. The molecule has 2 rings (SSSR count). The smallest absolute Gasteiger partial charge is 0.337 e. The van der Waals surface area contributed by atoms with E-state index in [1.165, 1.54) is 6.07 Å². The van der Waals surface area contributed by atoms with Crippen LogP contribution in [0, 0.1) is 0 Å². The van der Waals surface area contributed by atoms with Crippen LogP contribution in [0.5, 0.6) is 0 Å². The predicted molar refractivity (Wildman–Crippen MR) is 70.5 cm³/mol. The molecule has 1 aliphatic carbocycles. The van der Waals surface area contributed by atoms with Crippen LogP contribution >= 0.6 is 11.6 Å². The number of aromatic carboxylic acids is 1. The van der Waals surface area contributed by atoms with Crippen LogP contribution in [0.3, 0.4) is 0 Å². The first-order valence-corrected chi connectivity index (χ1v) is 6.30. The third-order valence-corrected chi connectivity index (χ3v) is 3.52. The molecule has 5 heteroatoms. The first-order chi connectivity index (χ1) is 8.60. The third kappa shape index (κ3) is 2.94. The molecule has 0 heterocycles. The summed E-state index contributed by atoms with van der Waals surface area (Å²) in [5.74, 6) is -0.971. The van der Waals surface area contributed by atoms with Gasteiger partial charge in [0.1, 0.15) is 0 Å². The van der Waals surface area contributed by atoms with Gasteiger partial charge in [0.15, 0.2) is 0 Å². The Bertz CT molecular complexity index is 450. The predicted octanol–water partition coefficient (Wildman–Crippen LogP) is 3.02. The van der Waals surface area contributed by atoms with Gasteiger partial charge in [0.05, 0.1) is 11.7 Å². The first kappa shape index (κ1) is 13.2. The van der Waals surface area contributed by atoms with E-state index in [1.807, 2.05) is 0 Å². The van der Waals surface area contributed by atoms with Gasteiger partial charge in [0, 0.05) is 23.9 Å². The average Bonchev–Trinajstić information content (AvgIpc) is 2.79. The third-order valence-electron chi connectivity index (χ3n) is 3.29. The lowest BCUT2D eigenvalue weighted by molar-refractivity contribution is 0.0698. The molecule has 2 atom stereocenters. The number of rotatable bonds is 4. The molecule has 98 valence electrons. The zero-order valence-corrected chi connectivity index (χ0v) is 10.9. The van der Waals surface area contributed by atoms with Gasteiger partial charge in [-0.1, -0.05) is 11.6 Å². The Labute approximate surface area is 111 Å². The van der Waals surface area contributed by atoms with Gasteiger partial charge in [0.25, 0.3) is 0 Å². The normalized spacial score (nSPS) is 23.0. The maximum absolute atomic E-state index is 11.1. The summed E-state index contributed by atoms with van der Waals surface area (Å²) in [4.78, 5) is 11.1. The zero-order chi connectivity index (χ0) is 13.1. The molecule has 0 saturated heterocycles. The minimum absolute atomic E-state index is 0.211. The van der Waals surface area contributed by atoms with Crippen LogP contribution in [0.2, 0.25) is 5.02 Å². The number of hydrogen-bond acceptors (Lipinski definition) is 3. The molecule has 1 aromatic rings. The number of carbonyl (C=O) groups is 1. The van der Waals surface area contributed by atoms with E-state index < -0.39 is 5.97 Å². The molecule has 0 amide bonds. The van der Waals surface area contributed by atoms with Crippen LogP contribution < -0.4 is 5.32 Å². The molecule has 0 aromatic heterocycles. The number of carboxylic acids is 1. The van der Waals surface area contributed by atoms with Crippen LogP contribution in [0.15, 0.2) is 18.2 Å². The highest BCUT2D eigenvalue weighted by molar-refractivity contribution is 6.31. The SMILES string of the molecule is COC1CCC(Nc2ccc(Cl)cc2C(=O)O)C1. The molecule has 0 aliphatic heterocycles. The Kier molecular flexibility index (Phi) is 4.09. The van der Waals surface area contributed by atoms with Crippen molar-refractivity contribution >= 4 is 23.3 Å². The van der Waals surface area contributed by atoms with E-state index in [9.17, 15) is 4.79 Å². The average molecular weight is 270 g/mol. The van der Waals surface area contributed by atoms with Crippen LogP contribution in [0.1, 0.15) is 29.6 Å². The van der Waals surface area contributed by atoms with Crippen molar-refractivity contribution in [2.75, 3.05) is 12.4 Å². The highest BCUT2D eigenvalue weighted by Crippen LogP contribution is 2.27. The van der Waals surface area contributed by atoms with E-state index >= 15 is 0 Å². The van der Waals surface area contributed by atoms with E-state index in [4.69, 9.17) is 21.4 Å². The molecule has 2 N–H and O–H groups in total. The summed E-state index contributed by atoms with van der Waals surface area (Å²) in [7, 11) is 1.71. The fourth-order valence-corrected chi connectivity index (χ4v) is 2.50. The number of ether oxygens (including phenoxy) is 1. The Hall–Kier alpha value is -1.26. The maximum atomic E-state index is 11.1. The summed E-state index contributed by atoms with van der Waals surface area (Å²) in [5, 5.41) is 12.8. The van der Waals surface area contributed by atoms with Crippen molar-refractivity contribution in [3.05, 3.63) is 28.8 Å². The largest absolute Gasteiger partial charge is 0.478 e. The summed E-state index contributed by atoms with van der Waals surface area (Å²) in [6.45, 7) is 0. The molecule has 0 spiro atoms. The minimum atomic E-state index is -0.971. The van der Waals surface area contributed by atoms with E-state index in [1.54, 1.807) is 19.2 Å². The number of carboxylic acid groups (broad SMARTS) is 1. The summed E-state index contributed by atoms with van der Waals surface area (Å²) in [6, 6.07) is 5.13. The highest BCUT2D eigenvalue weighted by atomic mass is 35.5. The number of halogens is 1. The molecule has 0 bridgehead atoms. The van der Waals surface area contributed by atoms with E-state index in [-0.39, 0.29) is 17.7 Å². The van der Waals surface area contributed by atoms with Gasteiger partial charge in [0.2, 0.25) is 0 Å². The second kappa shape index (κ2) is 5.59. The number of benzene rings is 1. The molecule has 4 nitrogen and oxygen atoms in total. The van der Waals surface area contributed by atoms with Crippen LogP contribution in [0.25, 0.3) is 0 Å². The number of nitrogens with one attached hydrogen (secondary N) is 1. The van der Waals surface area contributed by atoms with Crippen molar-refractivity contribution in [1.82, 2.24) is 0 Å². The molecular weight excluding hydrogens is 254 g/mol. The Balaban J connectivity index is 2.12. The van der Waals surface area contributed by atoms with Crippen LogP contribution in [0.4, 0.5) is 5.69 Å². The Morgan fingerprint density at radius 2 is 2.28 bits per heavy atom. The highest BCUT2D eigenvalue weighted by Gasteiger charge is 2.25. The summed E-state index contributed by atoms with van der Waals surface area (Å²) in [5.41, 5.74) is 0.831. The van der Waals surface area contributed by atoms with Gasteiger partial charge in [-0.05, 0) is 37.5 Å². The summed E-state index contributed by atoms with van der Waals surface area (Å²) < 4.78 is 5.30. The van der Waals surface area contributed by atoms with Gasteiger partial charge in [-0.25, -0.2) is 4.79 Å². The molecule has 0 radical (unpaired) electrons. The molecule has 18 heavy (non-hydrogen) atoms. The molecule has 1 aromatic carbocycles. The van der Waals surface area contributed by atoms with Gasteiger partial charge in [-0.2, -0.15) is 0 Å². The van der Waals surface area contributed by atoms with Crippen molar-refractivity contribution in [3.63, 3.8) is 0 Å². The van der Waals surface area contributed by atoms with Gasteiger partial charge < -0.3 is 15.2 Å². The standard InChI is InChI=1S/C13H16ClNO3/c1-18-10-4-3-9(7-10)15-12-5-2-8(14)6-11(12)13(16)17/h2,5-6,9-10,15H,3-4,7H2,1H3,(H,16,17). The molecule has 1 fully saturated rings. The fraction of sp³-hybridized carbons (Fsp3) is 0.462. The number of hydrogen-bond donors (Lipinski definition) is 2. The van der Waals surface area contributed by atoms with Crippen LogP contribution in [-0.2, 0) is 4.74 Å². The number of methoxy groups -OCH3 is 1. The van der Waals surface area contributed by atoms with Gasteiger partial charge >= 0.3 is 5.97 Å². The lowest BCUT2D eigenvalue weighted by Crippen LogP contribution is -2.19. The van der Waals surface area contributed by atoms with E-state index in [0.29, 0.717) is 10.7 Å². The minimum Gasteiger partial charge on any atom is -0.478 e. The second-order valence-electron chi connectivity index (χ2n) is 4.51. The summed E-state index contributed by atoms with van der Waals surface area (Å²) >= 11 is 5.81. The van der Waals surface area contributed by atoms with Crippen molar-refractivity contribution in [1.29, 1.82) is 0 Å². The Morgan fingerprint density at radius 3 is 2.89 bits per heavy atom. The second-order valence-corrected chi connectivity index (χ2v) is 4.94.